The zero-order valence-electron chi connectivity index (χ0n) is 12.7. The van der Waals surface area contributed by atoms with Crippen LogP contribution in [-0.2, 0) is 4.79 Å². The number of amides is 1. The van der Waals surface area contributed by atoms with Gasteiger partial charge in [-0.1, -0.05) is 60.4 Å². The van der Waals surface area contributed by atoms with E-state index in [1.807, 2.05) is 31.2 Å². The second-order valence-corrected chi connectivity index (χ2v) is 6.89. The zero-order chi connectivity index (χ0) is 17.3. The molecule has 6 heteroatoms. The lowest BCUT2D eigenvalue weighted by molar-refractivity contribution is -0.255. The Balaban J connectivity index is 1.97. The highest BCUT2D eigenvalue weighted by atomic mass is 32.2. The Labute approximate surface area is 148 Å². The fourth-order valence-electron chi connectivity index (χ4n) is 2.35. The van der Waals surface area contributed by atoms with Crippen LogP contribution in [0, 0.1) is 6.92 Å². The molecule has 0 unspecified atom stereocenters. The molecule has 2 aromatic carbocycles. The molecule has 1 saturated heterocycles. The number of carbonyl (C=O) groups excluding carboxylic acids is 2. The number of carbonyl (C=O) groups is 2. The molecule has 0 radical (unpaired) electrons. The van der Waals surface area contributed by atoms with Gasteiger partial charge in [0, 0.05) is 0 Å². The number of thiocarbonyl (C=S) groups is 1. The number of benzene rings is 2. The SMILES string of the molecule is Cc1ccccc1/C=C1\SC(=S)N(c2cccc(C(=O)[O-])c2)C1=O. The number of hydrogen-bond donors (Lipinski definition) is 0. The van der Waals surface area contributed by atoms with Gasteiger partial charge < -0.3 is 9.90 Å². The summed E-state index contributed by atoms with van der Waals surface area (Å²) in [4.78, 5) is 25.6. The van der Waals surface area contributed by atoms with E-state index < -0.39 is 5.97 Å². The Morgan fingerprint density at radius 3 is 2.67 bits per heavy atom. The summed E-state index contributed by atoms with van der Waals surface area (Å²) in [7, 11) is 0. The van der Waals surface area contributed by atoms with E-state index in [0.717, 1.165) is 11.1 Å². The Kier molecular flexibility index (Phi) is 4.51. The summed E-state index contributed by atoms with van der Waals surface area (Å²) in [6.45, 7) is 1.97. The third-order valence-electron chi connectivity index (χ3n) is 3.61. The van der Waals surface area contributed by atoms with Crippen LogP contribution in [0.2, 0.25) is 0 Å². The van der Waals surface area contributed by atoms with Gasteiger partial charge in [0.1, 0.15) is 0 Å². The van der Waals surface area contributed by atoms with Gasteiger partial charge in [0.05, 0.1) is 16.6 Å². The molecule has 0 aromatic heterocycles. The summed E-state index contributed by atoms with van der Waals surface area (Å²) in [5.41, 5.74) is 2.43. The number of carboxylic acid groups (broad SMARTS) is 1. The number of aryl methyl sites for hydroxylation is 1. The van der Waals surface area contributed by atoms with Gasteiger partial charge in [0.15, 0.2) is 4.32 Å². The van der Waals surface area contributed by atoms with Gasteiger partial charge >= 0.3 is 0 Å². The quantitative estimate of drug-likeness (QED) is 0.627. The van der Waals surface area contributed by atoms with Crippen molar-refractivity contribution in [1.29, 1.82) is 0 Å². The van der Waals surface area contributed by atoms with Gasteiger partial charge in [-0.3, -0.25) is 9.69 Å². The molecule has 0 atom stereocenters. The smallest absolute Gasteiger partial charge is 0.270 e. The zero-order valence-corrected chi connectivity index (χ0v) is 14.3. The molecule has 120 valence electrons. The molecule has 0 N–H and O–H groups in total. The maximum atomic E-state index is 12.7. The van der Waals surface area contributed by atoms with Crippen LogP contribution in [0.4, 0.5) is 5.69 Å². The standard InChI is InChI=1S/C18H13NO3S2/c1-11-5-2-3-6-12(11)10-15-16(20)19(18(23)24-15)14-8-4-7-13(9-14)17(21)22/h2-10H,1H3,(H,21,22)/p-1/b15-10-. The minimum Gasteiger partial charge on any atom is -0.545 e. The monoisotopic (exact) mass is 354 g/mol. The van der Waals surface area contributed by atoms with Crippen molar-refractivity contribution in [1.82, 2.24) is 0 Å². The lowest BCUT2D eigenvalue weighted by Crippen LogP contribution is -2.28. The summed E-state index contributed by atoms with van der Waals surface area (Å²) in [5.74, 6) is -1.55. The fourth-order valence-corrected chi connectivity index (χ4v) is 3.64. The van der Waals surface area contributed by atoms with Gasteiger partial charge in [-0.05, 0) is 41.8 Å². The molecule has 24 heavy (non-hydrogen) atoms. The maximum absolute atomic E-state index is 12.7. The summed E-state index contributed by atoms with van der Waals surface area (Å²) in [6.07, 6.45) is 1.80. The highest BCUT2D eigenvalue weighted by Crippen LogP contribution is 2.36. The van der Waals surface area contributed by atoms with Gasteiger partial charge in [-0.15, -0.1) is 0 Å². The first-order chi connectivity index (χ1) is 11.5. The van der Waals surface area contributed by atoms with Crippen molar-refractivity contribution in [2.75, 3.05) is 4.90 Å². The highest BCUT2D eigenvalue weighted by molar-refractivity contribution is 8.27. The average molecular weight is 354 g/mol. The van der Waals surface area contributed by atoms with E-state index in [-0.39, 0.29) is 11.5 Å². The molecule has 0 spiro atoms. The molecule has 0 aliphatic carbocycles. The van der Waals surface area contributed by atoms with E-state index >= 15 is 0 Å². The van der Waals surface area contributed by atoms with Crippen molar-refractivity contribution in [3.63, 3.8) is 0 Å². The third-order valence-corrected chi connectivity index (χ3v) is 4.91. The summed E-state index contributed by atoms with van der Waals surface area (Å²) in [5, 5.41) is 11.0. The molecule has 0 saturated carbocycles. The maximum Gasteiger partial charge on any atom is 0.270 e. The summed E-state index contributed by atoms with van der Waals surface area (Å²) < 4.78 is 0.371. The minimum absolute atomic E-state index is 0.00411. The Morgan fingerprint density at radius 1 is 1.21 bits per heavy atom. The van der Waals surface area contributed by atoms with Gasteiger partial charge in [-0.2, -0.15) is 0 Å². The largest absolute Gasteiger partial charge is 0.545 e. The molecular formula is C18H12NO3S2-. The van der Waals surface area contributed by atoms with E-state index in [4.69, 9.17) is 12.2 Å². The molecule has 1 heterocycles. The van der Waals surface area contributed by atoms with Crippen molar-refractivity contribution in [2.24, 2.45) is 0 Å². The molecule has 0 bridgehead atoms. The number of aromatic carboxylic acids is 1. The average Bonchev–Trinajstić information content (AvgIpc) is 2.83. The first-order valence-corrected chi connectivity index (χ1v) is 8.35. The lowest BCUT2D eigenvalue weighted by atomic mass is 10.1. The van der Waals surface area contributed by atoms with Crippen molar-refractivity contribution in [3.8, 4) is 0 Å². The Hall–Kier alpha value is -2.44. The van der Waals surface area contributed by atoms with Crippen molar-refractivity contribution in [3.05, 3.63) is 70.1 Å². The predicted molar refractivity (Wildman–Crippen MR) is 97.6 cm³/mol. The van der Waals surface area contributed by atoms with Crippen LogP contribution in [0.3, 0.4) is 0 Å². The van der Waals surface area contributed by atoms with E-state index in [2.05, 4.69) is 0 Å². The topological polar surface area (TPSA) is 60.4 Å². The van der Waals surface area contributed by atoms with Crippen molar-refractivity contribution in [2.45, 2.75) is 6.92 Å². The second kappa shape index (κ2) is 6.59. The van der Waals surface area contributed by atoms with E-state index in [1.54, 1.807) is 18.2 Å². The summed E-state index contributed by atoms with van der Waals surface area (Å²) in [6, 6.07) is 13.7. The van der Waals surface area contributed by atoms with Crippen LogP contribution in [0.15, 0.2) is 53.4 Å². The molecule has 2 aromatic rings. The number of nitrogens with zero attached hydrogens (tertiary/aromatic N) is 1. The van der Waals surface area contributed by atoms with Crippen LogP contribution >= 0.6 is 24.0 Å². The van der Waals surface area contributed by atoms with Gasteiger partial charge in [-0.25, -0.2) is 0 Å². The fraction of sp³-hybridized carbons (Fsp3) is 0.0556. The molecule has 1 fully saturated rings. The van der Waals surface area contributed by atoms with Crippen LogP contribution in [0.25, 0.3) is 6.08 Å². The van der Waals surface area contributed by atoms with E-state index in [0.29, 0.717) is 14.9 Å². The van der Waals surface area contributed by atoms with Crippen LogP contribution in [0.1, 0.15) is 21.5 Å². The van der Waals surface area contributed by atoms with E-state index in [9.17, 15) is 14.7 Å². The molecule has 4 nitrogen and oxygen atoms in total. The highest BCUT2D eigenvalue weighted by Gasteiger charge is 2.33. The van der Waals surface area contributed by atoms with Crippen molar-refractivity contribution < 1.29 is 14.7 Å². The van der Waals surface area contributed by atoms with Crippen LogP contribution in [0.5, 0.6) is 0 Å². The minimum atomic E-state index is -1.29. The van der Waals surface area contributed by atoms with Gasteiger partial charge in [0.25, 0.3) is 5.91 Å². The summed E-state index contributed by atoms with van der Waals surface area (Å²) >= 11 is 6.50. The Morgan fingerprint density at radius 2 is 1.96 bits per heavy atom. The number of rotatable bonds is 3. The van der Waals surface area contributed by atoms with Crippen molar-refractivity contribution >= 4 is 51.9 Å². The molecule has 1 aliphatic rings. The number of thioether (sulfide) groups is 1. The van der Waals surface area contributed by atoms with Gasteiger partial charge in [0.2, 0.25) is 0 Å². The first-order valence-electron chi connectivity index (χ1n) is 7.12. The molecule has 1 amide bonds. The number of hydrogen-bond acceptors (Lipinski definition) is 5. The third kappa shape index (κ3) is 3.11. The molecule has 3 rings (SSSR count). The second-order valence-electron chi connectivity index (χ2n) is 5.21. The predicted octanol–water partition coefficient (Wildman–Crippen LogP) is 2.76. The number of carboxylic acids is 1. The molecular weight excluding hydrogens is 342 g/mol. The van der Waals surface area contributed by atoms with Crippen LogP contribution in [-0.4, -0.2) is 16.2 Å². The lowest BCUT2D eigenvalue weighted by Gasteiger charge is -2.15. The molecule has 1 aliphatic heterocycles. The number of anilines is 1. The normalized spacial score (nSPS) is 16.0. The Bertz CT molecular complexity index is 889. The first kappa shape index (κ1) is 16.4. The van der Waals surface area contributed by atoms with E-state index in [1.165, 1.54) is 28.8 Å². The van der Waals surface area contributed by atoms with Crippen LogP contribution < -0.4 is 10.0 Å².